The van der Waals surface area contributed by atoms with E-state index in [4.69, 9.17) is 18.9 Å². The summed E-state index contributed by atoms with van der Waals surface area (Å²) < 4.78 is 22.5. The van der Waals surface area contributed by atoms with Crippen molar-refractivity contribution < 1.29 is 18.9 Å². The molecule has 1 radical (unpaired) electrons. The van der Waals surface area contributed by atoms with Crippen LogP contribution in [0.2, 0.25) is 26.2 Å². The van der Waals surface area contributed by atoms with Crippen LogP contribution < -0.4 is 14.7 Å². The first kappa shape index (κ1) is 21.2. The molecule has 0 N–H and O–H groups in total. The largest absolute Gasteiger partial charge is 0.491 e. The van der Waals surface area contributed by atoms with E-state index >= 15 is 0 Å². The van der Waals surface area contributed by atoms with E-state index in [1.807, 2.05) is 26.0 Å². The normalized spacial score (nSPS) is 14.5. The molecule has 0 aliphatic rings. The topological polar surface area (TPSA) is 36.9 Å². The zero-order chi connectivity index (χ0) is 18.3. The number of hydrogen-bond acceptors (Lipinski definition) is 4. The fourth-order valence-electron chi connectivity index (χ4n) is 2.04. The van der Waals surface area contributed by atoms with E-state index in [-0.39, 0.29) is 12.2 Å². The summed E-state index contributed by atoms with van der Waals surface area (Å²) in [5.41, 5.74) is 0. The summed E-state index contributed by atoms with van der Waals surface area (Å²) in [7, 11) is 1.42. The lowest BCUT2D eigenvalue weighted by Gasteiger charge is -2.29. The summed E-state index contributed by atoms with van der Waals surface area (Å²) in [5, 5.41) is 1.34. The average molecular weight is 370 g/mol. The Balaban J connectivity index is 3.05. The smallest absolute Gasteiger partial charge is 0.119 e. The van der Waals surface area contributed by atoms with Crippen molar-refractivity contribution in [3.05, 3.63) is 18.2 Å². The third-order valence-corrected chi connectivity index (χ3v) is 17.2. The molecule has 0 bridgehead atoms. The molecule has 0 saturated carbocycles. The van der Waals surface area contributed by atoms with Crippen LogP contribution in [0.15, 0.2) is 18.2 Å². The van der Waals surface area contributed by atoms with E-state index in [2.05, 4.69) is 32.3 Å². The second kappa shape index (κ2) is 9.60. The Labute approximate surface area is 149 Å². The molecular formula is C18H33O4Si2. The molecule has 6 heteroatoms. The molecular weight excluding hydrogens is 336 g/mol. The molecule has 2 atom stereocenters. The van der Waals surface area contributed by atoms with Crippen LogP contribution in [0.3, 0.4) is 0 Å². The molecule has 1 aromatic carbocycles. The summed E-state index contributed by atoms with van der Waals surface area (Å²) in [6.07, 6.45) is 0.156. The standard InChI is InChI=1S/C18H33O4Si2/c1-14(19-3)12-21-16-9-10-17(22-13-15(2)20-4)18(11-16)24(7,8)23(5)6/h9-11,14-15H,12-13H2,1-8H3/t14-,15-/m0/s1. The highest BCUT2D eigenvalue weighted by molar-refractivity contribution is 7.37. The van der Waals surface area contributed by atoms with E-state index in [1.165, 1.54) is 5.19 Å². The molecule has 24 heavy (non-hydrogen) atoms. The van der Waals surface area contributed by atoms with Gasteiger partial charge in [-0.2, -0.15) is 0 Å². The molecule has 0 amide bonds. The van der Waals surface area contributed by atoms with Crippen LogP contribution in [0.1, 0.15) is 13.8 Å². The molecule has 1 rings (SSSR count). The van der Waals surface area contributed by atoms with Crippen LogP contribution in [0.5, 0.6) is 11.5 Å². The zero-order valence-electron chi connectivity index (χ0n) is 16.4. The van der Waals surface area contributed by atoms with E-state index in [0.29, 0.717) is 13.2 Å². The highest BCUT2D eigenvalue weighted by Crippen LogP contribution is 2.22. The first-order chi connectivity index (χ1) is 11.2. The van der Waals surface area contributed by atoms with E-state index in [9.17, 15) is 0 Å². The zero-order valence-corrected chi connectivity index (χ0v) is 18.4. The second-order valence-electron chi connectivity index (χ2n) is 7.00. The molecule has 0 aromatic heterocycles. The Morgan fingerprint density at radius 1 is 0.958 bits per heavy atom. The fraction of sp³-hybridized carbons (Fsp3) is 0.667. The lowest BCUT2D eigenvalue weighted by molar-refractivity contribution is 0.0706. The maximum Gasteiger partial charge on any atom is 0.119 e. The van der Waals surface area contributed by atoms with Gasteiger partial charge in [-0.05, 0) is 37.2 Å². The summed E-state index contributed by atoms with van der Waals surface area (Å²) in [6.45, 7) is 14.7. The van der Waals surface area contributed by atoms with Crippen LogP contribution in [-0.2, 0) is 9.47 Å². The lowest BCUT2D eigenvalue weighted by atomic mass is 10.3. The van der Waals surface area contributed by atoms with Crippen molar-refractivity contribution in [3.8, 4) is 11.5 Å². The van der Waals surface area contributed by atoms with Crippen molar-refractivity contribution >= 4 is 21.1 Å². The summed E-state index contributed by atoms with van der Waals surface area (Å²) in [5.74, 6) is 1.87. The van der Waals surface area contributed by atoms with Gasteiger partial charge in [-0.25, -0.2) is 0 Å². The third kappa shape index (κ3) is 5.91. The minimum Gasteiger partial charge on any atom is -0.491 e. The molecule has 0 aliphatic carbocycles. The monoisotopic (exact) mass is 369 g/mol. The van der Waals surface area contributed by atoms with E-state index < -0.39 is 15.9 Å². The van der Waals surface area contributed by atoms with Crippen molar-refractivity contribution in [2.45, 2.75) is 52.2 Å². The van der Waals surface area contributed by atoms with Crippen LogP contribution in [0.4, 0.5) is 0 Å². The van der Waals surface area contributed by atoms with Gasteiger partial charge in [0.1, 0.15) is 24.7 Å². The van der Waals surface area contributed by atoms with Gasteiger partial charge in [0.25, 0.3) is 0 Å². The Kier molecular flexibility index (Phi) is 8.49. The number of rotatable bonds is 10. The lowest BCUT2D eigenvalue weighted by Crippen LogP contribution is -2.53. The quantitative estimate of drug-likeness (QED) is 0.593. The van der Waals surface area contributed by atoms with E-state index in [0.717, 1.165) is 11.5 Å². The first-order valence-corrected chi connectivity index (χ1v) is 15.0. The molecule has 1 aromatic rings. The van der Waals surface area contributed by atoms with Gasteiger partial charge in [-0.1, -0.05) is 26.2 Å². The Hall–Kier alpha value is -0.826. The van der Waals surface area contributed by atoms with Gasteiger partial charge in [-0.3, -0.25) is 0 Å². The Morgan fingerprint density at radius 2 is 1.50 bits per heavy atom. The minimum atomic E-state index is -1.55. The van der Waals surface area contributed by atoms with E-state index in [1.54, 1.807) is 14.2 Å². The van der Waals surface area contributed by atoms with Crippen molar-refractivity contribution in [1.29, 1.82) is 0 Å². The predicted molar refractivity (Wildman–Crippen MR) is 105 cm³/mol. The molecule has 137 valence electrons. The van der Waals surface area contributed by atoms with Crippen LogP contribution in [0.25, 0.3) is 0 Å². The summed E-state index contributed by atoms with van der Waals surface area (Å²) in [6, 6.07) is 6.21. The number of hydrogen-bond donors (Lipinski definition) is 0. The van der Waals surface area contributed by atoms with Crippen molar-refractivity contribution in [2.75, 3.05) is 27.4 Å². The number of ether oxygens (including phenoxy) is 4. The maximum absolute atomic E-state index is 6.07. The third-order valence-electron chi connectivity index (χ3n) is 4.64. The van der Waals surface area contributed by atoms with Crippen LogP contribution >= 0.6 is 0 Å². The molecule has 0 fully saturated rings. The number of benzene rings is 1. The second-order valence-corrected chi connectivity index (χ2v) is 19.5. The van der Waals surface area contributed by atoms with Crippen molar-refractivity contribution in [1.82, 2.24) is 0 Å². The van der Waals surface area contributed by atoms with Gasteiger partial charge in [0.05, 0.1) is 19.8 Å². The molecule has 0 spiro atoms. The summed E-state index contributed by atoms with van der Waals surface area (Å²) >= 11 is 0. The first-order valence-electron chi connectivity index (χ1n) is 8.48. The molecule has 0 saturated heterocycles. The number of methoxy groups -OCH3 is 2. The van der Waals surface area contributed by atoms with Crippen LogP contribution in [-0.4, -0.2) is 55.5 Å². The summed E-state index contributed by atoms with van der Waals surface area (Å²) in [4.78, 5) is 0. The van der Waals surface area contributed by atoms with Gasteiger partial charge in [0.2, 0.25) is 0 Å². The van der Waals surface area contributed by atoms with Gasteiger partial charge in [-0.15, -0.1) is 0 Å². The van der Waals surface area contributed by atoms with Gasteiger partial charge in [0, 0.05) is 22.5 Å². The average Bonchev–Trinajstić information content (AvgIpc) is 2.57. The van der Waals surface area contributed by atoms with Crippen molar-refractivity contribution in [3.63, 3.8) is 0 Å². The van der Waals surface area contributed by atoms with Crippen LogP contribution in [0, 0.1) is 0 Å². The molecule has 0 aliphatic heterocycles. The highest BCUT2D eigenvalue weighted by Gasteiger charge is 2.32. The van der Waals surface area contributed by atoms with Crippen molar-refractivity contribution in [2.24, 2.45) is 0 Å². The minimum absolute atomic E-state index is 0.0779. The predicted octanol–water partition coefficient (Wildman–Crippen LogP) is 3.26. The van der Waals surface area contributed by atoms with Gasteiger partial charge in [0.15, 0.2) is 0 Å². The maximum atomic E-state index is 6.07. The Morgan fingerprint density at radius 3 is 2.00 bits per heavy atom. The highest BCUT2D eigenvalue weighted by atomic mass is 29.2. The van der Waals surface area contributed by atoms with Gasteiger partial charge < -0.3 is 18.9 Å². The Bertz CT molecular complexity index is 506. The molecule has 0 unspecified atom stereocenters. The molecule has 4 nitrogen and oxygen atoms in total. The SMILES string of the molecule is CO[C@@H](C)COc1ccc(OC[C@H](C)OC)c([Si](C)(C)[Si](C)C)c1. The van der Waals surface area contributed by atoms with Gasteiger partial charge >= 0.3 is 0 Å². The fourth-order valence-corrected chi connectivity index (χ4v) is 6.05. The molecule has 0 heterocycles.